The Kier molecular flexibility index (Phi) is 4.81. The molecule has 2 aromatic carbocycles. The van der Waals surface area contributed by atoms with Gasteiger partial charge in [0.25, 0.3) is 10.0 Å². The van der Waals surface area contributed by atoms with Gasteiger partial charge in [-0.1, -0.05) is 30.3 Å². The summed E-state index contributed by atoms with van der Waals surface area (Å²) in [5.74, 6) is 0.315. The molecule has 0 spiro atoms. The fourth-order valence-corrected chi connectivity index (χ4v) is 4.94. The van der Waals surface area contributed by atoms with Crippen molar-refractivity contribution in [1.82, 2.24) is 4.98 Å². The maximum Gasteiger partial charge on any atom is 0.263 e. The Balaban J connectivity index is 1.59. The monoisotopic (exact) mass is 393 g/mol. The molecular formula is C22H23N3O2S. The van der Waals surface area contributed by atoms with Crippen LogP contribution < -0.4 is 9.62 Å². The highest BCUT2D eigenvalue weighted by Gasteiger charge is 2.20. The molecule has 0 atom stereocenters. The van der Waals surface area contributed by atoms with Gasteiger partial charge in [-0.15, -0.1) is 0 Å². The van der Waals surface area contributed by atoms with Gasteiger partial charge in [-0.25, -0.2) is 13.4 Å². The van der Waals surface area contributed by atoms with Crippen LogP contribution in [0.3, 0.4) is 0 Å². The average Bonchev–Trinajstić information content (AvgIpc) is 2.70. The third-order valence-corrected chi connectivity index (χ3v) is 6.54. The Morgan fingerprint density at radius 1 is 1.04 bits per heavy atom. The molecule has 0 saturated carbocycles. The second-order valence-corrected chi connectivity index (χ2v) is 8.81. The zero-order chi connectivity index (χ0) is 19.7. The highest BCUT2D eigenvalue weighted by Crippen LogP contribution is 2.33. The maximum atomic E-state index is 12.8. The lowest BCUT2D eigenvalue weighted by Gasteiger charge is -2.31. The van der Waals surface area contributed by atoms with Crippen LogP contribution in [0.15, 0.2) is 65.7 Å². The lowest BCUT2D eigenvalue weighted by Crippen LogP contribution is -2.24. The van der Waals surface area contributed by atoms with Crippen molar-refractivity contribution in [3.05, 3.63) is 77.5 Å². The van der Waals surface area contributed by atoms with Gasteiger partial charge in [0.15, 0.2) is 0 Å². The van der Waals surface area contributed by atoms with Crippen LogP contribution in [0.2, 0.25) is 0 Å². The zero-order valence-corrected chi connectivity index (χ0v) is 16.8. The van der Waals surface area contributed by atoms with Crippen molar-refractivity contribution in [1.29, 1.82) is 0 Å². The lowest BCUT2D eigenvalue weighted by molar-refractivity contribution is 0.600. The van der Waals surface area contributed by atoms with Gasteiger partial charge < -0.3 is 4.90 Å². The fourth-order valence-electron chi connectivity index (χ4n) is 3.60. The predicted octanol–water partition coefficient (Wildman–Crippen LogP) is 4.58. The minimum Gasteiger partial charge on any atom is -0.340 e. The van der Waals surface area contributed by atoms with Crippen molar-refractivity contribution in [2.75, 3.05) is 16.2 Å². The van der Waals surface area contributed by atoms with Crippen molar-refractivity contribution in [2.24, 2.45) is 0 Å². The number of rotatable bonds is 4. The van der Waals surface area contributed by atoms with E-state index in [2.05, 4.69) is 32.8 Å². The number of para-hydroxylation sites is 1. The maximum absolute atomic E-state index is 12.8. The van der Waals surface area contributed by atoms with Gasteiger partial charge in [-0.2, -0.15) is 0 Å². The van der Waals surface area contributed by atoms with E-state index in [1.807, 2.05) is 31.2 Å². The SMILES string of the molecule is Cc1ccc(C)c(S(=O)(=O)Nc2ccc(N3CCCc4ccccc43)cn2)c1. The summed E-state index contributed by atoms with van der Waals surface area (Å²) in [6.45, 7) is 4.59. The largest absolute Gasteiger partial charge is 0.340 e. The summed E-state index contributed by atoms with van der Waals surface area (Å²) in [5.41, 5.74) is 5.09. The van der Waals surface area contributed by atoms with Crippen molar-refractivity contribution in [3.63, 3.8) is 0 Å². The number of benzene rings is 2. The first-order valence-electron chi connectivity index (χ1n) is 9.36. The van der Waals surface area contributed by atoms with Gasteiger partial charge in [0.2, 0.25) is 0 Å². The lowest BCUT2D eigenvalue weighted by atomic mass is 10.0. The second kappa shape index (κ2) is 7.28. The van der Waals surface area contributed by atoms with E-state index in [4.69, 9.17) is 0 Å². The van der Waals surface area contributed by atoms with Gasteiger partial charge in [0, 0.05) is 12.2 Å². The molecule has 0 radical (unpaired) electrons. The molecule has 0 saturated heterocycles. The summed E-state index contributed by atoms with van der Waals surface area (Å²) in [4.78, 5) is 6.87. The molecule has 1 aliphatic heterocycles. The van der Waals surface area contributed by atoms with Crippen LogP contribution in [-0.4, -0.2) is 19.9 Å². The topological polar surface area (TPSA) is 62.3 Å². The molecular weight excluding hydrogens is 370 g/mol. The molecule has 0 bridgehead atoms. The van der Waals surface area contributed by atoms with Crippen LogP contribution in [0.1, 0.15) is 23.1 Å². The van der Waals surface area contributed by atoms with Crippen LogP contribution in [0.4, 0.5) is 17.2 Å². The van der Waals surface area contributed by atoms with Crippen molar-refractivity contribution in [3.8, 4) is 0 Å². The van der Waals surface area contributed by atoms with Crippen LogP contribution in [-0.2, 0) is 16.4 Å². The number of fused-ring (bicyclic) bond motifs is 1. The molecule has 0 unspecified atom stereocenters. The van der Waals surface area contributed by atoms with Gasteiger partial charge in [0.05, 0.1) is 16.8 Å². The van der Waals surface area contributed by atoms with Crippen LogP contribution in [0.25, 0.3) is 0 Å². The third-order valence-electron chi connectivity index (χ3n) is 5.04. The number of hydrogen-bond acceptors (Lipinski definition) is 4. The Labute approximate surface area is 166 Å². The minimum absolute atomic E-state index is 0.281. The van der Waals surface area contributed by atoms with E-state index >= 15 is 0 Å². The molecule has 1 aromatic heterocycles. The summed E-state index contributed by atoms with van der Waals surface area (Å²) in [7, 11) is -3.68. The number of sulfonamides is 1. The third kappa shape index (κ3) is 3.60. The number of nitrogens with one attached hydrogen (secondary N) is 1. The number of aryl methyl sites for hydroxylation is 3. The molecule has 28 heavy (non-hydrogen) atoms. The summed E-state index contributed by atoms with van der Waals surface area (Å²) >= 11 is 0. The van der Waals surface area contributed by atoms with E-state index in [1.165, 1.54) is 11.3 Å². The van der Waals surface area contributed by atoms with Gasteiger partial charge in [0.1, 0.15) is 5.82 Å². The van der Waals surface area contributed by atoms with E-state index in [0.717, 1.165) is 30.6 Å². The molecule has 6 heteroatoms. The fraction of sp³-hybridized carbons (Fsp3) is 0.227. The van der Waals surface area contributed by atoms with Crippen LogP contribution in [0, 0.1) is 13.8 Å². The minimum atomic E-state index is -3.68. The molecule has 0 fully saturated rings. The first-order valence-corrected chi connectivity index (χ1v) is 10.8. The van der Waals surface area contributed by atoms with E-state index in [1.54, 1.807) is 25.3 Å². The molecule has 5 nitrogen and oxygen atoms in total. The van der Waals surface area contributed by atoms with Crippen molar-refractivity contribution >= 4 is 27.2 Å². The number of pyridine rings is 1. The van der Waals surface area contributed by atoms with E-state index in [0.29, 0.717) is 11.4 Å². The quantitative estimate of drug-likeness (QED) is 0.705. The molecule has 0 aliphatic carbocycles. The predicted molar refractivity (Wildman–Crippen MR) is 113 cm³/mol. The zero-order valence-electron chi connectivity index (χ0n) is 16.0. The number of aromatic nitrogens is 1. The Hall–Kier alpha value is -2.86. The van der Waals surface area contributed by atoms with Gasteiger partial charge >= 0.3 is 0 Å². The highest BCUT2D eigenvalue weighted by molar-refractivity contribution is 7.92. The molecule has 0 amide bonds. The van der Waals surface area contributed by atoms with Gasteiger partial charge in [-0.05, 0) is 67.6 Å². The molecule has 1 aliphatic rings. The van der Waals surface area contributed by atoms with Crippen molar-refractivity contribution < 1.29 is 8.42 Å². The average molecular weight is 394 g/mol. The first-order chi connectivity index (χ1) is 13.4. The summed E-state index contributed by atoms with van der Waals surface area (Å²) < 4.78 is 28.1. The second-order valence-electron chi connectivity index (χ2n) is 7.16. The summed E-state index contributed by atoms with van der Waals surface area (Å²) in [6.07, 6.45) is 3.88. The van der Waals surface area contributed by atoms with Crippen LogP contribution >= 0.6 is 0 Å². The Morgan fingerprint density at radius 2 is 1.86 bits per heavy atom. The van der Waals surface area contributed by atoms with Crippen molar-refractivity contribution in [2.45, 2.75) is 31.6 Å². The Bertz CT molecular complexity index is 1110. The highest BCUT2D eigenvalue weighted by atomic mass is 32.2. The van der Waals surface area contributed by atoms with Gasteiger partial charge in [-0.3, -0.25) is 4.72 Å². The molecule has 144 valence electrons. The molecule has 4 rings (SSSR count). The van der Waals surface area contributed by atoms with E-state index < -0.39 is 10.0 Å². The van der Waals surface area contributed by atoms with E-state index in [9.17, 15) is 8.42 Å². The standard InChI is InChI=1S/C22H23N3O2S/c1-16-9-10-17(2)21(14-16)28(26,27)24-22-12-11-19(15-23-22)25-13-5-7-18-6-3-4-8-20(18)25/h3-4,6,8-12,14-15H,5,7,13H2,1-2H3,(H,23,24). The smallest absolute Gasteiger partial charge is 0.263 e. The van der Waals surface area contributed by atoms with E-state index in [-0.39, 0.29) is 4.90 Å². The summed E-state index contributed by atoms with van der Waals surface area (Å²) in [6, 6.07) is 17.4. The number of hydrogen-bond donors (Lipinski definition) is 1. The number of nitrogens with zero attached hydrogens (tertiary/aromatic N) is 2. The first kappa shape index (κ1) is 18.5. The molecule has 2 heterocycles. The summed E-state index contributed by atoms with van der Waals surface area (Å²) in [5, 5.41) is 0. The Morgan fingerprint density at radius 3 is 2.64 bits per heavy atom. The normalized spacial score (nSPS) is 13.9. The molecule has 3 aromatic rings. The van der Waals surface area contributed by atoms with Crippen LogP contribution in [0.5, 0.6) is 0 Å². The number of anilines is 3. The molecule has 1 N–H and O–H groups in total.